The summed E-state index contributed by atoms with van der Waals surface area (Å²) < 4.78 is 0. The number of carbonyl (C=O) groups excluding carboxylic acids is 2. The first-order chi connectivity index (χ1) is 14.8. The Hall–Kier alpha value is -2.99. The molecule has 0 atom stereocenters. The molecule has 1 aliphatic heterocycles. The Morgan fingerprint density at radius 1 is 1.06 bits per heavy atom. The number of nitrogens with zero attached hydrogens (tertiary/aromatic N) is 2. The normalized spacial score (nSPS) is 18.9. The summed E-state index contributed by atoms with van der Waals surface area (Å²) in [7, 11) is 0. The van der Waals surface area contributed by atoms with Gasteiger partial charge in [0.15, 0.2) is 5.78 Å². The molecule has 31 heavy (non-hydrogen) atoms. The lowest BCUT2D eigenvalue weighted by Gasteiger charge is -2.34. The summed E-state index contributed by atoms with van der Waals surface area (Å²) in [5.74, 6) is -0.298. The Kier molecular flexibility index (Phi) is 5.92. The minimum Gasteiger partial charge on any atom is -0.336 e. The molecule has 162 valence electrons. The average molecular weight is 420 g/mol. The van der Waals surface area contributed by atoms with Crippen molar-refractivity contribution in [2.24, 2.45) is 5.41 Å². The topological polar surface area (TPSA) is 73.5 Å². The largest absolute Gasteiger partial charge is 0.336 e. The number of benzene rings is 1. The van der Waals surface area contributed by atoms with Gasteiger partial charge in [0.2, 0.25) is 0 Å². The predicted molar refractivity (Wildman–Crippen MR) is 121 cm³/mol. The van der Waals surface area contributed by atoms with E-state index in [2.05, 4.69) is 34.2 Å². The third-order valence-electron chi connectivity index (χ3n) is 6.08. The first-order valence-electron chi connectivity index (χ1n) is 10.8. The standard InChI is InChI=1S/C25H29N3O3/c1-25(2)16-21-19(22(29)17-25)15-20(23(30)26-21)24(31)28-13-11-27(12-14-28)10-6-9-18-7-4-3-5-8-18/h3-9,15H,10-14,16-17H2,1-2H3,(H,26,30)/b9-6+. The summed E-state index contributed by atoms with van der Waals surface area (Å²) in [5, 5.41) is 0. The van der Waals surface area contributed by atoms with E-state index in [0.717, 1.165) is 19.6 Å². The first-order valence-corrected chi connectivity index (χ1v) is 10.8. The Morgan fingerprint density at radius 2 is 1.77 bits per heavy atom. The molecule has 2 aromatic rings. The molecule has 1 aliphatic carbocycles. The van der Waals surface area contributed by atoms with E-state index in [1.54, 1.807) is 4.90 Å². The number of rotatable bonds is 4. The highest BCUT2D eigenvalue weighted by atomic mass is 16.2. The van der Waals surface area contributed by atoms with E-state index < -0.39 is 5.56 Å². The fraction of sp³-hybridized carbons (Fsp3) is 0.400. The number of carbonyl (C=O) groups is 2. The third-order valence-corrected chi connectivity index (χ3v) is 6.08. The number of aromatic nitrogens is 1. The van der Waals surface area contributed by atoms with Gasteiger partial charge in [-0.25, -0.2) is 0 Å². The molecule has 0 saturated carbocycles. The van der Waals surface area contributed by atoms with E-state index in [-0.39, 0.29) is 22.7 Å². The van der Waals surface area contributed by atoms with Crippen LogP contribution in [-0.2, 0) is 6.42 Å². The van der Waals surface area contributed by atoms with Gasteiger partial charge in [0.1, 0.15) is 5.56 Å². The maximum Gasteiger partial charge on any atom is 0.261 e. The average Bonchev–Trinajstić information content (AvgIpc) is 2.73. The molecule has 0 radical (unpaired) electrons. The van der Waals surface area contributed by atoms with Crippen molar-refractivity contribution in [2.75, 3.05) is 32.7 Å². The molecular formula is C25H29N3O3. The molecule has 2 heterocycles. The fourth-order valence-corrected chi connectivity index (χ4v) is 4.39. The van der Waals surface area contributed by atoms with E-state index >= 15 is 0 Å². The smallest absolute Gasteiger partial charge is 0.261 e. The second-order valence-corrected chi connectivity index (χ2v) is 9.25. The molecule has 0 unspecified atom stereocenters. The zero-order valence-corrected chi connectivity index (χ0v) is 18.2. The molecule has 6 nitrogen and oxygen atoms in total. The lowest BCUT2D eigenvalue weighted by Crippen LogP contribution is -2.49. The summed E-state index contributed by atoms with van der Waals surface area (Å²) in [4.78, 5) is 45.0. The molecule has 1 aromatic carbocycles. The van der Waals surface area contributed by atoms with E-state index in [9.17, 15) is 14.4 Å². The number of pyridine rings is 1. The van der Waals surface area contributed by atoms with Crippen molar-refractivity contribution in [2.45, 2.75) is 26.7 Å². The van der Waals surface area contributed by atoms with Crippen LogP contribution < -0.4 is 5.56 Å². The Morgan fingerprint density at radius 3 is 2.48 bits per heavy atom. The van der Waals surface area contributed by atoms with Gasteiger partial charge in [0, 0.05) is 50.4 Å². The lowest BCUT2D eigenvalue weighted by atomic mass is 9.75. The number of aromatic amines is 1. The van der Waals surface area contributed by atoms with Crippen LogP contribution in [0, 0.1) is 5.41 Å². The van der Waals surface area contributed by atoms with Crippen LogP contribution in [0.15, 0.2) is 47.3 Å². The molecule has 4 rings (SSSR count). The third kappa shape index (κ3) is 4.85. The van der Waals surface area contributed by atoms with E-state index in [1.807, 2.05) is 32.0 Å². The number of amides is 1. The van der Waals surface area contributed by atoms with Crippen LogP contribution in [0.1, 0.15) is 52.2 Å². The van der Waals surface area contributed by atoms with Gasteiger partial charge in [0.25, 0.3) is 11.5 Å². The summed E-state index contributed by atoms with van der Waals surface area (Å²) in [6.07, 6.45) is 5.29. The van der Waals surface area contributed by atoms with Crippen molar-refractivity contribution in [1.29, 1.82) is 0 Å². The first kappa shape index (κ1) is 21.2. The molecule has 1 fully saturated rings. The number of hydrogen-bond acceptors (Lipinski definition) is 4. The van der Waals surface area contributed by atoms with Crippen molar-refractivity contribution in [3.8, 4) is 0 Å². The van der Waals surface area contributed by atoms with Crippen LogP contribution in [0.3, 0.4) is 0 Å². The summed E-state index contributed by atoms with van der Waals surface area (Å²) >= 11 is 0. The predicted octanol–water partition coefficient (Wildman–Crippen LogP) is 3.00. The SMILES string of the molecule is CC1(C)CC(=O)c2cc(C(=O)N3CCN(C/C=C/c4ccccc4)CC3)c(=O)[nH]c2C1. The van der Waals surface area contributed by atoms with Gasteiger partial charge in [-0.3, -0.25) is 19.3 Å². The van der Waals surface area contributed by atoms with Crippen LogP contribution >= 0.6 is 0 Å². The molecule has 0 bridgehead atoms. The maximum absolute atomic E-state index is 13.0. The second kappa shape index (κ2) is 8.63. The molecule has 2 aliphatic rings. The van der Waals surface area contributed by atoms with Gasteiger partial charge in [-0.2, -0.15) is 0 Å². The summed E-state index contributed by atoms with van der Waals surface area (Å²) in [5.41, 5.74) is 1.81. The molecule has 1 amide bonds. The van der Waals surface area contributed by atoms with Gasteiger partial charge in [-0.15, -0.1) is 0 Å². The van der Waals surface area contributed by atoms with Crippen LogP contribution in [0.2, 0.25) is 0 Å². The monoisotopic (exact) mass is 419 g/mol. The van der Waals surface area contributed by atoms with E-state index in [4.69, 9.17) is 0 Å². The Labute approximate surface area is 182 Å². The van der Waals surface area contributed by atoms with Crippen molar-refractivity contribution in [3.63, 3.8) is 0 Å². The Balaban J connectivity index is 1.39. The minimum atomic E-state index is -0.400. The minimum absolute atomic E-state index is 0.00780. The number of ketones is 1. The van der Waals surface area contributed by atoms with Gasteiger partial charge in [-0.05, 0) is 23.5 Å². The zero-order valence-electron chi connectivity index (χ0n) is 18.2. The van der Waals surface area contributed by atoms with Crippen LogP contribution in [0.25, 0.3) is 6.08 Å². The van der Waals surface area contributed by atoms with Gasteiger partial charge in [0.05, 0.1) is 0 Å². The fourth-order valence-electron chi connectivity index (χ4n) is 4.39. The number of fused-ring (bicyclic) bond motifs is 1. The van der Waals surface area contributed by atoms with Crippen molar-refractivity contribution >= 4 is 17.8 Å². The molecule has 6 heteroatoms. The molecule has 1 saturated heterocycles. The summed E-state index contributed by atoms with van der Waals surface area (Å²) in [6, 6.07) is 11.7. The van der Waals surface area contributed by atoms with Gasteiger partial charge < -0.3 is 9.88 Å². The summed E-state index contributed by atoms with van der Waals surface area (Å²) in [6.45, 7) is 7.48. The quantitative estimate of drug-likeness (QED) is 0.827. The van der Waals surface area contributed by atoms with Gasteiger partial charge >= 0.3 is 0 Å². The molecule has 1 aromatic heterocycles. The second-order valence-electron chi connectivity index (χ2n) is 9.25. The number of piperazine rings is 1. The highest BCUT2D eigenvalue weighted by Gasteiger charge is 2.33. The number of H-pyrrole nitrogens is 1. The molecular weight excluding hydrogens is 390 g/mol. The van der Waals surface area contributed by atoms with Crippen LogP contribution in [0.4, 0.5) is 0 Å². The van der Waals surface area contributed by atoms with Crippen molar-refractivity contribution in [3.05, 3.63) is 75.2 Å². The van der Waals surface area contributed by atoms with Crippen LogP contribution in [0.5, 0.6) is 0 Å². The number of nitrogens with one attached hydrogen (secondary N) is 1. The van der Waals surface area contributed by atoms with Crippen molar-refractivity contribution < 1.29 is 9.59 Å². The van der Waals surface area contributed by atoms with Crippen molar-refractivity contribution in [1.82, 2.24) is 14.8 Å². The van der Waals surface area contributed by atoms with Crippen LogP contribution in [-0.4, -0.2) is 59.2 Å². The van der Waals surface area contributed by atoms with Gasteiger partial charge in [-0.1, -0.05) is 56.3 Å². The maximum atomic E-state index is 13.0. The number of Topliss-reactive ketones (excluding diaryl/α,β-unsaturated/α-hetero) is 1. The zero-order chi connectivity index (χ0) is 22.0. The molecule has 1 N–H and O–H groups in total. The highest BCUT2D eigenvalue weighted by molar-refractivity contribution is 6.02. The van der Waals surface area contributed by atoms with E-state index in [0.29, 0.717) is 37.2 Å². The Bertz CT molecular complexity index is 1060. The van der Waals surface area contributed by atoms with E-state index in [1.165, 1.54) is 11.6 Å². The molecule has 0 spiro atoms. The lowest BCUT2D eigenvalue weighted by molar-refractivity contribution is 0.0648. The number of hydrogen-bond donors (Lipinski definition) is 1. The highest BCUT2D eigenvalue weighted by Crippen LogP contribution is 2.33.